The molecule has 0 radical (unpaired) electrons. The molecule has 0 spiro atoms. The number of rotatable bonds is 8. The van der Waals surface area contributed by atoms with E-state index in [1.165, 1.54) is 20.0 Å². The van der Waals surface area contributed by atoms with Crippen molar-refractivity contribution in [1.29, 1.82) is 0 Å². The van der Waals surface area contributed by atoms with Gasteiger partial charge in [-0.25, -0.2) is 4.79 Å². The smallest absolute Gasteiger partial charge is 0.337 e. The molecule has 2 fully saturated rings. The van der Waals surface area contributed by atoms with Crippen molar-refractivity contribution >= 4 is 11.9 Å². The largest absolute Gasteiger partial charge is 0.465 e. The van der Waals surface area contributed by atoms with Crippen LogP contribution in [0.5, 0.6) is 0 Å². The Bertz CT molecular complexity index is 880. The van der Waals surface area contributed by atoms with Crippen molar-refractivity contribution in [2.45, 2.75) is 32.0 Å². The van der Waals surface area contributed by atoms with Gasteiger partial charge in [-0.2, -0.15) is 0 Å². The third-order valence-corrected chi connectivity index (χ3v) is 5.86. The van der Waals surface area contributed by atoms with Gasteiger partial charge in [0.25, 0.3) is 0 Å². The van der Waals surface area contributed by atoms with Crippen LogP contribution in [0.4, 0.5) is 0 Å². The maximum atomic E-state index is 13.1. The van der Waals surface area contributed by atoms with Crippen molar-refractivity contribution in [3.05, 3.63) is 71.3 Å². The van der Waals surface area contributed by atoms with Gasteiger partial charge in [0.05, 0.1) is 25.3 Å². The van der Waals surface area contributed by atoms with Crippen LogP contribution in [0.2, 0.25) is 0 Å². The first-order valence-electron chi connectivity index (χ1n) is 10.9. The summed E-state index contributed by atoms with van der Waals surface area (Å²) in [5.41, 5.74) is 2.71. The molecule has 164 valence electrons. The number of carbonyl (C=O) groups excluding carboxylic acids is 2. The molecule has 0 N–H and O–H groups in total. The molecule has 1 saturated carbocycles. The zero-order valence-electron chi connectivity index (χ0n) is 18.0. The molecule has 1 heterocycles. The van der Waals surface area contributed by atoms with Gasteiger partial charge in [-0.1, -0.05) is 42.5 Å². The Balaban J connectivity index is 1.44. The monoisotopic (exact) mass is 422 g/mol. The molecular formula is C25H30N2O4. The highest BCUT2D eigenvalue weighted by Crippen LogP contribution is 2.29. The van der Waals surface area contributed by atoms with Crippen molar-refractivity contribution in [1.82, 2.24) is 9.80 Å². The Morgan fingerprint density at radius 1 is 0.968 bits per heavy atom. The molecule has 31 heavy (non-hydrogen) atoms. The second kappa shape index (κ2) is 10.1. The van der Waals surface area contributed by atoms with Crippen LogP contribution in [0.15, 0.2) is 54.6 Å². The zero-order chi connectivity index (χ0) is 21.6. The lowest BCUT2D eigenvalue weighted by molar-refractivity contribution is -0.132. The molecule has 1 amide bonds. The minimum atomic E-state index is -0.346. The summed E-state index contributed by atoms with van der Waals surface area (Å²) in [5, 5.41) is 0. The van der Waals surface area contributed by atoms with Gasteiger partial charge in [0, 0.05) is 32.8 Å². The molecule has 1 atom stereocenters. The van der Waals surface area contributed by atoms with Gasteiger partial charge in [0.2, 0.25) is 5.91 Å². The highest BCUT2D eigenvalue weighted by atomic mass is 16.5. The second-order valence-electron chi connectivity index (χ2n) is 8.52. The Morgan fingerprint density at radius 2 is 1.68 bits per heavy atom. The Labute approximate surface area is 183 Å². The van der Waals surface area contributed by atoms with Gasteiger partial charge in [-0.05, 0) is 42.0 Å². The van der Waals surface area contributed by atoms with Crippen LogP contribution < -0.4 is 0 Å². The zero-order valence-corrected chi connectivity index (χ0v) is 18.0. The van der Waals surface area contributed by atoms with Crippen molar-refractivity contribution in [3.63, 3.8) is 0 Å². The van der Waals surface area contributed by atoms with Crippen molar-refractivity contribution in [2.75, 3.05) is 33.4 Å². The van der Waals surface area contributed by atoms with E-state index in [4.69, 9.17) is 9.47 Å². The Kier molecular flexibility index (Phi) is 6.99. The van der Waals surface area contributed by atoms with Crippen LogP contribution in [0.3, 0.4) is 0 Å². The number of hydrogen-bond acceptors (Lipinski definition) is 5. The van der Waals surface area contributed by atoms with Crippen LogP contribution in [0, 0.1) is 5.92 Å². The van der Waals surface area contributed by atoms with Crippen LogP contribution in [0.1, 0.15) is 34.3 Å². The normalized spacial score (nSPS) is 19.8. The number of esters is 1. The summed E-state index contributed by atoms with van der Waals surface area (Å²) in [6, 6.07) is 17.5. The number of benzene rings is 2. The van der Waals surface area contributed by atoms with E-state index in [0.717, 1.165) is 17.7 Å². The Hall–Kier alpha value is -2.70. The van der Waals surface area contributed by atoms with Crippen LogP contribution >= 0.6 is 0 Å². The van der Waals surface area contributed by atoms with Crippen LogP contribution in [-0.2, 0) is 27.4 Å². The van der Waals surface area contributed by atoms with E-state index in [2.05, 4.69) is 17.0 Å². The minimum Gasteiger partial charge on any atom is -0.465 e. The molecule has 1 unspecified atom stereocenters. The predicted octanol–water partition coefficient (Wildman–Crippen LogP) is 3.11. The van der Waals surface area contributed by atoms with Gasteiger partial charge >= 0.3 is 5.97 Å². The fraction of sp³-hybridized carbons (Fsp3) is 0.440. The highest BCUT2D eigenvalue weighted by Gasteiger charge is 2.30. The number of nitrogens with zero attached hydrogens (tertiary/aromatic N) is 2. The first-order chi connectivity index (χ1) is 15.1. The second-order valence-corrected chi connectivity index (χ2v) is 8.52. The van der Waals surface area contributed by atoms with Crippen molar-refractivity contribution < 1.29 is 19.1 Å². The van der Waals surface area contributed by atoms with E-state index >= 15 is 0 Å². The third kappa shape index (κ3) is 6.15. The van der Waals surface area contributed by atoms with Crippen molar-refractivity contribution in [2.24, 2.45) is 5.92 Å². The average Bonchev–Trinajstić information content (AvgIpc) is 3.62. The molecule has 1 saturated heterocycles. The number of amides is 1. The molecule has 4 rings (SSSR count). The molecule has 2 aliphatic rings. The fourth-order valence-corrected chi connectivity index (χ4v) is 3.91. The third-order valence-electron chi connectivity index (χ3n) is 5.86. The lowest BCUT2D eigenvalue weighted by atomic mass is 10.1. The standard InChI is InChI=1S/C25H30N2O4/c1-30-25(29)22-11-9-20(10-12-22)13-26-15-23(31-18-21-7-8-21)16-27(24(28)17-26)14-19-5-3-2-4-6-19/h2-6,9-12,21,23H,7-8,13-18H2,1H3. The number of carbonyl (C=O) groups is 2. The number of hydrogen-bond donors (Lipinski definition) is 0. The lowest BCUT2D eigenvalue weighted by Crippen LogP contribution is -2.37. The summed E-state index contributed by atoms with van der Waals surface area (Å²) < 4.78 is 11.0. The van der Waals surface area contributed by atoms with E-state index in [0.29, 0.717) is 44.2 Å². The molecule has 2 aromatic carbocycles. The summed E-state index contributed by atoms with van der Waals surface area (Å²) in [5.74, 6) is 0.454. The van der Waals surface area contributed by atoms with E-state index in [1.807, 2.05) is 35.2 Å². The molecule has 2 aromatic rings. The molecule has 1 aliphatic carbocycles. The summed E-state index contributed by atoms with van der Waals surface area (Å²) in [4.78, 5) is 28.8. The average molecular weight is 423 g/mol. The molecule has 0 aromatic heterocycles. The summed E-state index contributed by atoms with van der Waals surface area (Å²) in [7, 11) is 1.38. The fourth-order valence-electron chi connectivity index (χ4n) is 3.91. The van der Waals surface area contributed by atoms with E-state index < -0.39 is 0 Å². The van der Waals surface area contributed by atoms with Gasteiger partial charge in [0.1, 0.15) is 0 Å². The SMILES string of the molecule is COC(=O)c1ccc(CN2CC(=O)N(Cc3ccccc3)CC(OCC3CC3)C2)cc1. The summed E-state index contributed by atoms with van der Waals surface area (Å²) in [6.07, 6.45) is 2.48. The minimum absolute atomic E-state index is 0.00916. The van der Waals surface area contributed by atoms with Crippen molar-refractivity contribution in [3.8, 4) is 0 Å². The van der Waals surface area contributed by atoms with Gasteiger partial charge in [0.15, 0.2) is 0 Å². The maximum absolute atomic E-state index is 13.1. The first-order valence-corrected chi connectivity index (χ1v) is 10.9. The molecule has 1 aliphatic heterocycles. The topological polar surface area (TPSA) is 59.1 Å². The molecular weight excluding hydrogens is 392 g/mol. The quantitative estimate of drug-likeness (QED) is 0.612. The van der Waals surface area contributed by atoms with Gasteiger partial charge < -0.3 is 14.4 Å². The summed E-state index contributed by atoms with van der Waals surface area (Å²) >= 11 is 0. The van der Waals surface area contributed by atoms with E-state index in [1.54, 1.807) is 12.1 Å². The summed E-state index contributed by atoms with van der Waals surface area (Å²) in [6.45, 7) is 3.69. The van der Waals surface area contributed by atoms with Gasteiger partial charge in [-0.3, -0.25) is 9.69 Å². The molecule has 6 nitrogen and oxygen atoms in total. The van der Waals surface area contributed by atoms with Crippen LogP contribution in [0.25, 0.3) is 0 Å². The Morgan fingerprint density at radius 3 is 2.35 bits per heavy atom. The first kappa shape index (κ1) is 21.5. The van der Waals surface area contributed by atoms with E-state index in [9.17, 15) is 9.59 Å². The highest BCUT2D eigenvalue weighted by molar-refractivity contribution is 5.89. The maximum Gasteiger partial charge on any atom is 0.337 e. The van der Waals surface area contributed by atoms with E-state index in [-0.39, 0.29) is 18.0 Å². The molecule has 6 heteroatoms. The van der Waals surface area contributed by atoms with Gasteiger partial charge in [-0.15, -0.1) is 0 Å². The molecule has 0 bridgehead atoms. The number of methoxy groups -OCH3 is 1. The van der Waals surface area contributed by atoms with Crippen LogP contribution in [-0.4, -0.2) is 61.1 Å². The predicted molar refractivity (Wildman–Crippen MR) is 117 cm³/mol. The number of ether oxygens (including phenoxy) is 2. The lowest BCUT2D eigenvalue weighted by Gasteiger charge is -2.25.